The van der Waals surface area contributed by atoms with E-state index in [0.717, 1.165) is 21.6 Å². The lowest BCUT2D eigenvalue weighted by molar-refractivity contribution is -0.152. The Kier molecular flexibility index (Phi) is 6.78. The zero-order chi connectivity index (χ0) is 22.6. The topological polar surface area (TPSA) is 72.9 Å². The second-order valence-electron chi connectivity index (χ2n) is 8.92. The van der Waals surface area contributed by atoms with Crippen molar-refractivity contribution in [1.29, 1.82) is 0 Å². The fourth-order valence-electron chi connectivity index (χ4n) is 3.56. The molecular weight excluding hydrogens is 394 g/mol. The highest BCUT2D eigenvalue weighted by Crippen LogP contribution is 2.30. The zero-order valence-electron chi connectivity index (χ0n) is 18.5. The Morgan fingerprint density at radius 1 is 1.00 bits per heavy atom. The molecule has 0 radical (unpaired) electrons. The summed E-state index contributed by atoms with van der Waals surface area (Å²) in [5, 5.41) is 0. The summed E-state index contributed by atoms with van der Waals surface area (Å²) in [5.41, 5.74) is 2.15. The number of likely N-dealkylation sites (tertiary alicyclic amines) is 1. The van der Waals surface area contributed by atoms with Crippen molar-refractivity contribution in [2.45, 2.75) is 58.8 Å². The quantitative estimate of drug-likeness (QED) is 0.665. The van der Waals surface area contributed by atoms with Gasteiger partial charge in [0.2, 0.25) is 5.91 Å². The van der Waals surface area contributed by atoms with E-state index in [1.165, 1.54) is 0 Å². The molecule has 0 saturated carbocycles. The monoisotopic (exact) mass is 423 g/mol. The Labute approximate surface area is 183 Å². The molecule has 0 N–H and O–H groups in total. The molecule has 2 amide bonds. The molecule has 1 saturated heterocycles. The van der Waals surface area contributed by atoms with Gasteiger partial charge in [-0.2, -0.15) is 0 Å². The summed E-state index contributed by atoms with van der Waals surface area (Å²) in [7, 11) is 0. The highest BCUT2D eigenvalue weighted by molar-refractivity contribution is 6.00. The number of carbonyl (C=O) groups excluding carboxylic acids is 3. The van der Waals surface area contributed by atoms with Crippen molar-refractivity contribution in [2.24, 2.45) is 5.92 Å². The number of benzene rings is 2. The average Bonchev–Trinajstić information content (AvgIpc) is 3.04. The van der Waals surface area contributed by atoms with Gasteiger partial charge in [-0.3, -0.25) is 4.79 Å². The molecular formula is C25H29NO5. The molecule has 1 fully saturated rings. The van der Waals surface area contributed by atoms with Gasteiger partial charge >= 0.3 is 12.1 Å². The molecule has 0 aliphatic carbocycles. The van der Waals surface area contributed by atoms with Crippen LogP contribution in [-0.2, 0) is 32.1 Å². The molecule has 1 aliphatic rings. The van der Waals surface area contributed by atoms with E-state index in [0.29, 0.717) is 6.42 Å². The van der Waals surface area contributed by atoms with Crippen LogP contribution in [0.2, 0.25) is 0 Å². The summed E-state index contributed by atoms with van der Waals surface area (Å²) >= 11 is 0. The lowest BCUT2D eigenvalue weighted by Crippen LogP contribution is -2.46. The fourth-order valence-corrected chi connectivity index (χ4v) is 3.56. The second-order valence-corrected chi connectivity index (χ2v) is 8.92. The van der Waals surface area contributed by atoms with Crippen molar-refractivity contribution >= 4 is 18.0 Å². The number of ether oxygens (including phenoxy) is 2. The molecule has 0 bridgehead atoms. The van der Waals surface area contributed by atoms with E-state index in [2.05, 4.69) is 0 Å². The minimum atomic E-state index is -0.999. The van der Waals surface area contributed by atoms with Crippen molar-refractivity contribution in [3.63, 3.8) is 0 Å². The predicted octanol–water partition coefficient (Wildman–Crippen LogP) is 4.43. The Morgan fingerprint density at radius 2 is 1.65 bits per heavy atom. The molecule has 6 heteroatoms. The predicted molar refractivity (Wildman–Crippen MR) is 116 cm³/mol. The Morgan fingerprint density at radius 3 is 2.26 bits per heavy atom. The summed E-state index contributed by atoms with van der Waals surface area (Å²) in [4.78, 5) is 39.7. The van der Waals surface area contributed by atoms with Crippen LogP contribution in [0.25, 0.3) is 0 Å². The highest BCUT2D eigenvalue weighted by atomic mass is 16.6. The lowest BCUT2D eigenvalue weighted by Gasteiger charge is -2.26. The maximum Gasteiger partial charge on any atom is 0.417 e. The third kappa shape index (κ3) is 5.94. The standard InChI is InChI=1S/C25H29NO5/c1-17-10-12-18(13-11-17)14-20-15-21(23(28)30-16-19-8-6-5-7-9-19)26(22(20)27)24(29)31-25(2,3)4/h5-13,20-21H,14-16H2,1-4H3/t20-,21+/m1/s1. The lowest BCUT2D eigenvalue weighted by atomic mass is 9.95. The van der Waals surface area contributed by atoms with Crippen molar-refractivity contribution < 1.29 is 23.9 Å². The minimum absolute atomic E-state index is 0.0785. The summed E-state index contributed by atoms with van der Waals surface area (Å²) in [6.07, 6.45) is -0.161. The van der Waals surface area contributed by atoms with Gasteiger partial charge in [0.05, 0.1) is 0 Å². The third-order valence-corrected chi connectivity index (χ3v) is 5.10. The number of nitrogens with zero attached hydrogens (tertiary/aromatic N) is 1. The van der Waals surface area contributed by atoms with Crippen LogP contribution in [0, 0.1) is 12.8 Å². The maximum absolute atomic E-state index is 13.1. The van der Waals surface area contributed by atoms with E-state index >= 15 is 0 Å². The number of hydrogen-bond acceptors (Lipinski definition) is 5. The van der Waals surface area contributed by atoms with E-state index in [4.69, 9.17) is 9.47 Å². The Bertz CT molecular complexity index is 931. The van der Waals surface area contributed by atoms with Crippen LogP contribution in [0.15, 0.2) is 54.6 Å². The van der Waals surface area contributed by atoms with Gasteiger partial charge in [-0.15, -0.1) is 0 Å². The van der Waals surface area contributed by atoms with E-state index in [1.807, 2.05) is 61.5 Å². The van der Waals surface area contributed by atoms with Gasteiger partial charge in [0, 0.05) is 5.92 Å². The number of rotatable bonds is 5. The maximum atomic E-state index is 13.1. The number of amides is 2. The first-order valence-corrected chi connectivity index (χ1v) is 10.5. The summed E-state index contributed by atoms with van der Waals surface area (Å²) in [6, 6.07) is 16.2. The van der Waals surface area contributed by atoms with Crippen molar-refractivity contribution in [2.75, 3.05) is 0 Å². The van der Waals surface area contributed by atoms with Gasteiger partial charge in [0.25, 0.3) is 0 Å². The van der Waals surface area contributed by atoms with Crippen molar-refractivity contribution in [3.05, 3.63) is 71.3 Å². The number of carbonyl (C=O) groups is 3. The Hall–Kier alpha value is -3.15. The molecule has 6 nitrogen and oxygen atoms in total. The molecule has 2 aromatic rings. The van der Waals surface area contributed by atoms with E-state index in [9.17, 15) is 14.4 Å². The molecule has 31 heavy (non-hydrogen) atoms. The van der Waals surface area contributed by atoms with E-state index < -0.39 is 35.5 Å². The van der Waals surface area contributed by atoms with E-state index in [-0.39, 0.29) is 13.0 Å². The summed E-state index contributed by atoms with van der Waals surface area (Å²) in [5.74, 6) is -1.50. The molecule has 164 valence electrons. The van der Waals surface area contributed by atoms with Crippen LogP contribution in [0.1, 0.15) is 43.9 Å². The smallest absolute Gasteiger partial charge is 0.417 e. The zero-order valence-corrected chi connectivity index (χ0v) is 18.5. The second kappa shape index (κ2) is 9.33. The highest BCUT2D eigenvalue weighted by Gasteiger charge is 2.48. The van der Waals surface area contributed by atoms with Gasteiger partial charge in [-0.1, -0.05) is 60.2 Å². The third-order valence-electron chi connectivity index (χ3n) is 5.10. The number of aryl methyl sites for hydroxylation is 1. The number of esters is 1. The number of hydrogen-bond donors (Lipinski definition) is 0. The molecule has 2 aromatic carbocycles. The van der Waals surface area contributed by atoms with Crippen molar-refractivity contribution in [1.82, 2.24) is 4.90 Å². The normalized spacial score (nSPS) is 18.7. The SMILES string of the molecule is Cc1ccc(C[C@@H]2C[C@@H](C(=O)OCc3ccccc3)N(C(=O)OC(C)(C)C)C2=O)cc1. The first kappa shape index (κ1) is 22.5. The first-order chi connectivity index (χ1) is 14.6. The average molecular weight is 424 g/mol. The van der Waals surface area contributed by atoms with Crippen LogP contribution in [-0.4, -0.2) is 34.5 Å². The molecule has 1 heterocycles. The van der Waals surface area contributed by atoms with Crippen LogP contribution >= 0.6 is 0 Å². The molecule has 0 aromatic heterocycles. The molecule has 0 spiro atoms. The largest absolute Gasteiger partial charge is 0.459 e. The summed E-state index contributed by atoms with van der Waals surface area (Å²) < 4.78 is 10.9. The van der Waals surface area contributed by atoms with E-state index in [1.54, 1.807) is 20.8 Å². The number of imide groups is 1. The summed E-state index contributed by atoms with van der Waals surface area (Å²) in [6.45, 7) is 7.23. The molecule has 0 unspecified atom stereocenters. The van der Waals surface area contributed by atoms with Crippen LogP contribution in [0.4, 0.5) is 4.79 Å². The fraction of sp³-hybridized carbons (Fsp3) is 0.400. The Balaban J connectivity index is 1.77. The molecule has 3 rings (SSSR count). The van der Waals surface area contributed by atoms with Crippen molar-refractivity contribution in [3.8, 4) is 0 Å². The van der Waals surface area contributed by atoms with Gasteiger partial charge in [-0.05, 0) is 51.7 Å². The van der Waals surface area contributed by atoms with Gasteiger partial charge in [-0.25, -0.2) is 14.5 Å². The minimum Gasteiger partial charge on any atom is -0.459 e. The first-order valence-electron chi connectivity index (χ1n) is 10.5. The van der Waals surface area contributed by atoms with Gasteiger partial charge < -0.3 is 9.47 Å². The van der Waals surface area contributed by atoms with Gasteiger partial charge in [0.15, 0.2) is 0 Å². The van der Waals surface area contributed by atoms with Crippen LogP contribution in [0.5, 0.6) is 0 Å². The van der Waals surface area contributed by atoms with Gasteiger partial charge in [0.1, 0.15) is 18.2 Å². The van der Waals surface area contributed by atoms with Crippen LogP contribution < -0.4 is 0 Å². The molecule has 2 atom stereocenters. The van der Waals surface area contributed by atoms with Crippen LogP contribution in [0.3, 0.4) is 0 Å². The molecule has 1 aliphatic heterocycles.